The van der Waals surface area contributed by atoms with Crippen molar-refractivity contribution < 1.29 is 14.3 Å². The highest BCUT2D eigenvalue weighted by Crippen LogP contribution is 2.26. The maximum atomic E-state index is 11.3. The van der Waals surface area contributed by atoms with Crippen molar-refractivity contribution >= 4 is 16.8 Å². The van der Waals surface area contributed by atoms with Crippen molar-refractivity contribution in [3.05, 3.63) is 59.7 Å². The van der Waals surface area contributed by atoms with Gasteiger partial charge in [0.05, 0.1) is 12.7 Å². The van der Waals surface area contributed by atoms with Gasteiger partial charge >= 0.3 is 0 Å². The smallest absolute Gasteiger partial charge is 0.256 e. The van der Waals surface area contributed by atoms with Gasteiger partial charge in [-0.05, 0) is 29.3 Å². The van der Waals surface area contributed by atoms with Crippen LogP contribution in [0.25, 0.3) is 0 Å². The Bertz CT molecular complexity index is 567. The fourth-order valence-electron chi connectivity index (χ4n) is 1.65. The summed E-state index contributed by atoms with van der Waals surface area (Å²) in [7, 11) is 1.55. The normalized spacial score (nSPS) is 10.0. The topological polar surface area (TPSA) is 35.5 Å². The molecule has 4 heteroatoms. The lowest BCUT2D eigenvalue weighted by Gasteiger charge is -2.11. The molecule has 2 rings (SSSR count). The summed E-state index contributed by atoms with van der Waals surface area (Å²) < 4.78 is 10.7. The second-order valence-corrected chi connectivity index (χ2v) is 4.25. The maximum absolute atomic E-state index is 11.3. The highest BCUT2D eigenvalue weighted by molar-refractivity contribution is 6.68. The van der Waals surface area contributed by atoms with Crippen LogP contribution in [-0.4, -0.2) is 12.4 Å². The van der Waals surface area contributed by atoms with Gasteiger partial charge in [-0.15, -0.1) is 0 Å². The fourth-order valence-corrected chi connectivity index (χ4v) is 1.80. The Hall–Kier alpha value is -2.00. The van der Waals surface area contributed by atoms with Crippen molar-refractivity contribution in [1.82, 2.24) is 0 Å². The van der Waals surface area contributed by atoms with Crippen molar-refractivity contribution in [3.63, 3.8) is 0 Å². The molecule has 0 saturated heterocycles. The Morgan fingerprint density at radius 1 is 1.16 bits per heavy atom. The van der Waals surface area contributed by atoms with E-state index >= 15 is 0 Å². The molecule has 0 bridgehead atoms. The highest BCUT2D eigenvalue weighted by atomic mass is 35.5. The van der Waals surface area contributed by atoms with Crippen LogP contribution in [0.3, 0.4) is 0 Å². The first-order valence-electron chi connectivity index (χ1n) is 5.75. The van der Waals surface area contributed by atoms with Crippen LogP contribution in [0.4, 0.5) is 0 Å². The minimum absolute atomic E-state index is 0.332. The number of rotatable bonds is 5. The quantitative estimate of drug-likeness (QED) is 0.782. The van der Waals surface area contributed by atoms with E-state index in [0.29, 0.717) is 23.7 Å². The second kappa shape index (κ2) is 6.25. The van der Waals surface area contributed by atoms with Crippen molar-refractivity contribution in [3.8, 4) is 11.5 Å². The monoisotopic (exact) mass is 276 g/mol. The van der Waals surface area contributed by atoms with E-state index < -0.39 is 5.24 Å². The Balaban J connectivity index is 2.20. The SMILES string of the molecule is COc1ccc(C(=O)Cl)c(OCc2ccccc2)c1. The average Bonchev–Trinajstić information content (AvgIpc) is 2.45. The van der Waals surface area contributed by atoms with E-state index in [1.54, 1.807) is 25.3 Å². The van der Waals surface area contributed by atoms with Crippen molar-refractivity contribution in [2.24, 2.45) is 0 Å². The zero-order valence-electron chi connectivity index (χ0n) is 10.4. The molecule has 0 atom stereocenters. The van der Waals surface area contributed by atoms with E-state index in [2.05, 4.69) is 0 Å². The van der Waals surface area contributed by atoms with E-state index in [1.807, 2.05) is 30.3 Å². The molecule has 2 aromatic rings. The lowest BCUT2D eigenvalue weighted by atomic mass is 10.2. The molecule has 0 aliphatic heterocycles. The van der Waals surface area contributed by atoms with Crippen LogP contribution in [0.2, 0.25) is 0 Å². The summed E-state index contributed by atoms with van der Waals surface area (Å²) in [6.07, 6.45) is 0. The molecule has 0 amide bonds. The van der Waals surface area contributed by atoms with E-state index in [9.17, 15) is 4.79 Å². The Labute approximate surface area is 116 Å². The number of carbonyl (C=O) groups excluding carboxylic acids is 1. The summed E-state index contributed by atoms with van der Waals surface area (Å²) in [5.74, 6) is 1.04. The average molecular weight is 277 g/mol. The van der Waals surface area contributed by atoms with E-state index in [-0.39, 0.29) is 0 Å². The Morgan fingerprint density at radius 3 is 2.53 bits per heavy atom. The lowest BCUT2D eigenvalue weighted by molar-refractivity contribution is 0.107. The molecule has 98 valence electrons. The zero-order chi connectivity index (χ0) is 13.7. The molecule has 0 heterocycles. The third-order valence-electron chi connectivity index (χ3n) is 2.64. The molecule has 0 N–H and O–H groups in total. The van der Waals surface area contributed by atoms with Crippen LogP contribution >= 0.6 is 11.6 Å². The molecule has 0 fully saturated rings. The molecule has 0 radical (unpaired) electrons. The van der Waals surface area contributed by atoms with Gasteiger partial charge in [0.1, 0.15) is 18.1 Å². The first kappa shape index (κ1) is 13.4. The van der Waals surface area contributed by atoms with Crippen LogP contribution in [0.1, 0.15) is 15.9 Å². The van der Waals surface area contributed by atoms with Crippen LogP contribution in [0, 0.1) is 0 Å². The number of benzene rings is 2. The molecule has 19 heavy (non-hydrogen) atoms. The molecular weight excluding hydrogens is 264 g/mol. The van der Waals surface area contributed by atoms with Crippen LogP contribution in [0.5, 0.6) is 11.5 Å². The summed E-state index contributed by atoms with van der Waals surface area (Å²) in [6, 6.07) is 14.6. The number of methoxy groups -OCH3 is 1. The van der Waals surface area contributed by atoms with E-state index in [1.165, 1.54) is 0 Å². The van der Waals surface area contributed by atoms with E-state index in [0.717, 1.165) is 5.56 Å². The molecule has 0 aliphatic rings. The predicted molar refractivity (Wildman–Crippen MR) is 74.0 cm³/mol. The third-order valence-corrected chi connectivity index (χ3v) is 2.84. The molecule has 0 aromatic heterocycles. The van der Waals surface area contributed by atoms with Gasteiger partial charge in [0.15, 0.2) is 0 Å². The van der Waals surface area contributed by atoms with Gasteiger partial charge in [-0.3, -0.25) is 4.79 Å². The Morgan fingerprint density at radius 2 is 1.89 bits per heavy atom. The summed E-state index contributed by atoms with van der Waals surface area (Å²) >= 11 is 5.53. The van der Waals surface area contributed by atoms with Crippen molar-refractivity contribution in [2.45, 2.75) is 6.61 Å². The number of hydrogen-bond donors (Lipinski definition) is 0. The fraction of sp³-hybridized carbons (Fsp3) is 0.133. The minimum Gasteiger partial charge on any atom is -0.497 e. The van der Waals surface area contributed by atoms with Crippen LogP contribution in [0.15, 0.2) is 48.5 Å². The van der Waals surface area contributed by atoms with Crippen LogP contribution in [-0.2, 0) is 6.61 Å². The lowest BCUT2D eigenvalue weighted by Crippen LogP contribution is -2.01. The first-order chi connectivity index (χ1) is 9.20. The van der Waals surface area contributed by atoms with Gasteiger partial charge < -0.3 is 9.47 Å². The predicted octanol–water partition coefficient (Wildman–Crippen LogP) is 3.65. The summed E-state index contributed by atoms with van der Waals surface area (Å²) in [6.45, 7) is 0.366. The molecule has 2 aromatic carbocycles. The highest BCUT2D eigenvalue weighted by Gasteiger charge is 2.11. The van der Waals surface area contributed by atoms with E-state index in [4.69, 9.17) is 21.1 Å². The summed E-state index contributed by atoms with van der Waals surface area (Å²) in [5, 5.41) is -0.550. The van der Waals surface area contributed by atoms with Crippen molar-refractivity contribution in [2.75, 3.05) is 7.11 Å². The van der Waals surface area contributed by atoms with Crippen LogP contribution < -0.4 is 9.47 Å². The molecular formula is C15H13ClO3. The maximum Gasteiger partial charge on any atom is 0.256 e. The van der Waals surface area contributed by atoms with Gasteiger partial charge in [-0.2, -0.15) is 0 Å². The number of ether oxygens (including phenoxy) is 2. The second-order valence-electron chi connectivity index (χ2n) is 3.91. The molecule has 0 saturated carbocycles. The van der Waals surface area contributed by atoms with Gasteiger partial charge in [0.2, 0.25) is 0 Å². The number of carbonyl (C=O) groups is 1. The van der Waals surface area contributed by atoms with Gasteiger partial charge in [-0.25, -0.2) is 0 Å². The minimum atomic E-state index is -0.550. The molecule has 0 unspecified atom stereocenters. The first-order valence-corrected chi connectivity index (χ1v) is 6.13. The van der Waals surface area contributed by atoms with Gasteiger partial charge in [-0.1, -0.05) is 30.3 Å². The number of hydrogen-bond acceptors (Lipinski definition) is 3. The standard InChI is InChI=1S/C15H13ClO3/c1-18-12-7-8-13(15(16)17)14(9-12)19-10-11-5-3-2-4-6-11/h2-9H,10H2,1H3. The van der Waals surface area contributed by atoms with Gasteiger partial charge in [0, 0.05) is 6.07 Å². The van der Waals surface area contributed by atoms with Crippen molar-refractivity contribution in [1.29, 1.82) is 0 Å². The largest absolute Gasteiger partial charge is 0.497 e. The third kappa shape index (κ3) is 3.48. The molecule has 0 spiro atoms. The summed E-state index contributed by atoms with van der Waals surface area (Å²) in [5.41, 5.74) is 1.34. The number of halogens is 1. The van der Waals surface area contributed by atoms with Gasteiger partial charge in [0.25, 0.3) is 5.24 Å². The zero-order valence-corrected chi connectivity index (χ0v) is 11.2. The Kier molecular flexibility index (Phi) is 4.42. The molecule has 3 nitrogen and oxygen atoms in total. The molecule has 0 aliphatic carbocycles. The summed E-state index contributed by atoms with van der Waals surface area (Å²) in [4.78, 5) is 11.3.